The highest BCUT2D eigenvalue weighted by atomic mass is 35.5. The molecular weight excluding hydrogens is 391 g/mol. The lowest BCUT2D eigenvalue weighted by Gasteiger charge is -2.14. The molecule has 0 saturated heterocycles. The van der Waals surface area contributed by atoms with Crippen molar-refractivity contribution in [1.29, 1.82) is 0 Å². The number of rotatable bonds is 7. The minimum atomic E-state index is -4.50. The van der Waals surface area contributed by atoms with E-state index in [4.69, 9.17) is 21.4 Å². The Labute approximate surface area is 157 Å². The van der Waals surface area contributed by atoms with Gasteiger partial charge in [-0.25, -0.2) is 9.78 Å². The summed E-state index contributed by atoms with van der Waals surface area (Å²) >= 11 is 6.98. The van der Waals surface area contributed by atoms with Gasteiger partial charge in [0.25, 0.3) is 0 Å². The van der Waals surface area contributed by atoms with Gasteiger partial charge in [-0.1, -0.05) is 36.7 Å². The molecule has 140 valence electrons. The van der Waals surface area contributed by atoms with Gasteiger partial charge in [0, 0.05) is 11.1 Å². The summed E-state index contributed by atoms with van der Waals surface area (Å²) in [5.41, 5.74) is -0.911. The quantitative estimate of drug-likeness (QED) is 0.655. The van der Waals surface area contributed by atoms with E-state index >= 15 is 0 Å². The van der Waals surface area contributed by atoms with E-state index in [2.05, 4.69) is 4.98 Å². The maximum atomic E-state index is 12.6. The average Bonchev–Trinajstić information content (AvgIpc) is 2.57. The van der Waals surface area contributed by atoms with Gasteiger partial charge in [0.15, 0.2) is 6.10 Å². The Balaban J connectivity index is 2.08. The summed E-state index contributed by atoms with van der Waals surface area (Å²) in [6.07, 6.45) is -3.64. The van der Waals surface area contributed by atoms with E-state index < -0.39 is 23.8 Å². The molecule has 0 fully saturated rings. The molecule has 1 N–H and O–H groups in total. The van der Waals surface area contributed by atoms with Gasteiger partial charge in [-0.3, -0.25) is 0 Å². The summed E-state index contributed by atoms with van der Waals surface area (Å²) in [5.74, 6) is -0.646. The SMILES string of the molecule is CCCC(Oc1ccc(Sc2ncc(C(F)(F)F)cc2Cl)cc1)C(=O)O. The van der Waals surface area contributed by atoms with Crippen molar-refractivity contribution in [3.8, 4) is 5.75 Å². The summed E-state index contributed by atoms with van der Waals surface area (Å²) in [5, 5.41) is 9.23. The van der Waals surface area contributed by atoms with E-state index in [9.17, 15) is 18.0 Å². The van der Waals surface area contributed by atoms with Gasteiger partial charge in [-0.05, 0) is 36.8 Å². The fraction of sp³-hybridized carbons (Fsp3) is 0.294. The Morgan fingerprint density at radius 1 is 1.35 bits per heavy atom. The minimum absolute atomic E-state index is 0.0981. The number of carboxylic acids is 1. The number of halogens is 4. The summed E-state index contributed by atoms with van der Waals surface area (Å²) in [4.78, 5) is 15.5. The zero-order chi connectivity index (χ0) is 19.3. The van der Waals surface area contributed by atoms with E-state index in [0.717, 1.165) is 24.0 Å². The number of alkyl halides is 3. The van der Waals surface area contributed by atoms with Crippen molar-refractivity contribution in [2.24, 2.45) is 0 Å². The third kappa shape index (κ3) is 5.54. The lowest BCUT2D eigenvalue weighted by molar-refractivity contribution is -0.145. The van der Waals surface area contributed by atoms with Gasteiger partial charge in [0.2, 0.25) is 0 Å². The van der Waals surface area contributed by atoms with E-state index in [0.29, 0.717) is 23.5 Å². The highest BCUT2D eigenvalue weighted by molar-refractivity contribution is 7.99. The van der Waals surface area contributed by atoms with Crippen molar-refractivity contribution >= 4 is 29.3 Å². The van der Waals surface area contributed by atoms with Gasteiger partial charge in [0.1, 0.15) is 10.8 Å². The summed E-state index contributed by atoms with van der Waals surface area (Å²) < 4.78 is 43.3. The van der Waals surface area contributed by atoms with E-state index in [1.54, 1.807) is 24.3 Å². The normalized spacial score (nSPS) is 12.7. The molecule has 9 heteroatoms. The molecule has 0 spiro atoms. The first-order chi connectivity index (χ1) is 12.2. The number of benzene rings is 1. The lowest BCUT2D eigenvalue weighted by Crippen LogP contribution is -2.26. The van der Waals surface area contributed by atoms with Crippen LogP contribution in [0.2, 0.25) is 5.02 Å². The third-order valence-corrected chi connectivity index (χ3v) is 4.70. The molecule has 1 aromatic heterocycles. The number of aliphatic carboxylic acids is 1. The van der Waals surface area contributed by atoms with Crippen LogP contribution in [0.1, 0.15) is 25.3 Å². The number of pyridine rings is 1. The topological polar surface area (TPSA) is 59.4 Å². The predicted octanol–water partition coefficient (Wildman–Crippen LogP) is 5.54. The Hall–Kier alpha value is -1.93. The molecule has 1 aromatic carbocycles. The number of hydrogen-bond donors (Lipinski definition) is 1. The molecule has 1 atom stereocenters. The molecule has 1 heterocycles. The van der Waals surface area contributed by atoms with Crippen molar-refractivity contribution in [3.63, 3.8) is 0 Å². The molecule has 0 saturated carbocycles. The molecule has 0 amide bonds. The van der Waals surface area contributed by atoms with Crippen LogP contribution in [0.5, 0.6) is 5.75 Å². The van der Waals surface area contributed by atoms with Crippen LogP contribution in [0.4, 0.5) is 13.2 Å². The van der Waals surface area contributed by atoms with Gasteiger partial charge < -0.3 is 9.84 Å². The van der Waals surface area contributed by atoms with Crippen molar-refractivity contribution in [2.75, 3.05) is 0 Å². The molecule has 26 heavy (non-hydrogen) atoms. The van der Waals surface area contributed by atoms with Crippen molar-refractivity contribution < 1.29 is 27.8 Å². The van der Waals surface area contributed by atoms with Gasteiger partial charge in [0.05, 0.1) is 10.6 Å². The van der Waals surface area contributed by atoms with Crippen LogP contribution in [0.3, 0.4) is 0 Å². The third-order valence-electron chi connectivity index (χ3n) is 3.28. The zero-order valence-electron chi connectivity index (χ0n) is 13.6. The maximum absolute atomic E-state index is 12.6. The number of carbonyl (C=O) groups is 1. The van der Waals surface area contributed by atoms with Crippen LogP contribution < -0.4 is 4.74 Å². The van der Waals surface area contributed by atoms with Crippen LogP contribution in [0.15, 0.2) is 46.5 Å². The van der Waals surface area contributed by atoms with Crippen LogP contribution in [0, 0.1) is 0 Å². The fourth-order valence-electron chi connectivity index (χ4n) is 2.01. The second-order valence-corrected chi connectivity index (χ2v) is 6.79. The highest BCUT2D eigenvalue weighted by Gasteiger charge is 2.31. The Morgan fingerprint density at radius 3 is 2.50 bits per heavy atom. The molecule has 1 unspecified atom stereocenters. The second-order valence-electron chi connectivity index (χ2n) is 5.32. The van der Waals surface area contributed by atoms with E-state index in [1.165, 1.54) is 0 Å². The smallest absolute Gasteiger partial charge is 0.417 e. The summed E-state index contributed by atoms with van der Waals surface area (Å²) in [6, 6.07) is 7.31. The summed E-state index contributed by atoms with van der Waals surface area (Å²) in [6.45, 7) is 1.86. The van der Waals surface area contributed by atoms with Crippen molar-refractivity contribution in [2.45, 2.75) is 42.0 Å². The number of ether oxygens (including phenoxy) is 1. The standard InChI is InChI=1S/C17H15ClF3NO3S/c1-2-3-14(16(23)24)25-11-4-6-12(7-5-11)26-15-13(18)8-10(9-22-15)17(19,20)21/h4-9,14H,2-3H2,1H3,(H,23,24). The monoisotopic (exact) mass is 405 g/mol. The number of nitrogens with zero attached hydrogens (tertiary/aromatic N) is 1. The Bertz CT molecular complexity index is 769. The van der Waals surface area contributed by atoms with Crippen LogP contribution in [0.25, 0.3) is 0 Å². The van der Waals surface area contributed by atoms with Crippen LogP contribution in [-0.2, 0) is 11.0 Å². The largest absolute Gasteiger partial charge is 0.479 e. The maximum Gasteiger partial charge on any atom is 0.417 e. The number of carboxylic acid groups (broad SMARTS) is 1. The van der Waals surface area contributed by atoms with Crippen molar-refractivity contribution in [3.05, 3.63) is 47.1 Å². The molecule has 0 aliphatic carbocycles. The highest BCUT2D eigenvalue weighted by Crippen LogP contribution is 2.36. The van der Waals surface area contributed by atoms with Crippen LogP contribution >= 0.6 is 23.4 Å². The molecule has 2 aromatic rings. The zero-order valence-corrected chi connectivity index (χ0v) is 15.2. The van der Waals surface area contributed by atoms with Gasteiger partial charge in [-0.2, -0.15) is 13.2 Å². The molecule has 0 aliphatic rings. The van der Waals surface area contributed by atoms with Gasteiger partial charge in [-0.15, -0.1) is 0 Å². The molecule has 0 aliphatic heterocycles. The molecule has 0 radical (unpaired) electrons. The average molecular weight is 406 g/mol. The molecular formula is C17H15ClF3NO3S. The number of aromatic nitrogens is 1. The van der Waals surface area contributed by atoms with E-state index in [-0.39, 0.29) is 10.0 Å². The lowest BCUT2D eigenvalue weighted by atomic mass is 10.2. The molecule has 0 bridgehead atoms. The Kier molecular flexibility index (Phi) is 6.77. The first-order valence-electron chi connectivity index (χ1n) is 7.60. The fourth-order valence-corrected chi connectivity index (χ4v) is 3.05. The van der Waals surface area contributed by atoms with Crippen LogP contribution in [-0.4, -0.2) is 22.2 Å². The van der Waals surface area contributed by atoms with Gasteiger partial charge >= 0.3 is 12.1 Å². The number of hydrogen-bond acceptors (Lipinski definition) is 4. The second kappa shape index (κ2) is 8.64. The van der Waals surface area contributed by atoms with E-state index in [1.807, 2.05) is 6.92 Å². The summed E-state index contributed by atoms with van der Waals surface area (Å²) in [7, 11) is 0. The molecule has 2 rings (SSSR count). The Morgan fingerprint density at radius 2 is 2.00 bits per heavy atom. The first-order valence-corrected chi connectivity index (χ1v) is 8.80. The minimum Gasteiger partial charge on any atom is -0.479 e. The van der Waals surface area contributed by atoms with Crippen molar-refractivity contribution in [1.82, 2.24) is 4.98 Å². The molecule has 4 nitrogen and oxygen atoms in total. The predicted molar refractivity (Wildman–Crippen MR) is 91.8 cm³/mol. The first kappa shape index (κ1) is 20.4.